The van der Waals surface area contributed by atoms with Gasteiger partial charge in [0.2, 0.25) is 15.9 Å². The summed E-state index contributed by atoms with van der Waals surface area (Å²) >= 11 is 0. The molecule has 0 bridgehead atoms. The summed E-state index contributed by atoms with van der Waals surface area (Å²) in [6, 6.07) is 13.7. The Kier molecular flexibility index (Phi) is 6.70. The van der Waals surface area contributed by atoms with Crippen molar-refractivity contribution in [2.75, 3.05) is 13.1 Å². The van der Waals surface area contributed by atoms with Crippen LogP contribution in [0.25, 0.3) is 0 Å². The number of rotatable bonds is 7. The van der Waals surface area contributed by atoms with E-state index in [2.05, 4.69) is 5.32 Å². The Hall–Kier alpha value is -2.38. The monoisotopic (exact) mass is 402 g/mol. The molecule has 0 radical (unpaired) electrons. The van der Waals surface area contributed by atoms with E-state index in [1.54, 1.807) is 46.8 Å². The number of sulfonamides is 1. The Morgan fingerprint density at radius 2 is 1.79 bits per heavy atom. The van der Waals surface area contributed by atoms with Gasteiger partial charge >= 0.3 is 0 Å². The first-order chi connectivity index (χ1) is 13.5. The van der Waals surface area contributed by atoms with E-state index >= 15 is 0 Å². The van der Waals surface area contributed by atoms with Crippen LogP contribution in [0.2, 0.25) is 0 Å². The Morgan fingerprint density at radius 3 is 2.54 bits per heavy atom. The van der Waals surface area contributed by atoms with Crippen LogP contribution in [-0.4, -0.2) is 36.8 Å². The zero-order valence-electron chi connectivity index (χ0n) is 15.8. The fraction of sp³-hybridized carbons (Fsp3) is 0.381. The Labute approximate surface area is 166 Å². The minimum atomic E-state index is -3.48. The van der Waals surface area contributed by atoms with Gasteiger partial charge in [-0.05, 0) is 48.6 Å². The number of amides is 1. The smallest absolute Gasteiger partial charge is 0.243 e. The lowest BCUT2D eigenvalue weighted by Crippen LogP contribution is -2.35. The number of piperidine rings is 1. The molecule has 150 valence electrons. The molecular formula is C21H26N2O4S. The zero-order chi connectivity index (χ0) is 20.0. The summed E-state index contributed by atoms with van der Waals surface area (Å²) in [5, 5.41) is 12.6. The Balaban J connectivity index is 1.57. The Bertz CT molecular complexity index is 922. The summed E-state index contributed by atoms with van der Waals surface area (Å²) in [5.74, 6) is 0.0402. The number of aromatic hydroxyl groups is 1. The van der Waals surface area contributed by atoms with E-state index < -0.39 is 10.0 Å². The average Bonchev–Trinajstić information content (AvgIpc) is 2.72. The number of phenolic OH excluding ortho intramolecular Hbond substituents is 1. The number of aryl methyl sites for hydroxylation is 1. The van der Waals surface area contributed by atoms with Crippen molar-refractivity contribution in [3.63, 3.8) is 0 Å². The summed E-state index contributed by atoms with van der Waals surface area (Å²) in [4.78, 5) is 12.4. The highest BCUT2D eigenvalue weighted by Gasteiger charge is 2.25. The van der Waals surface area contributed by atoms with Gasteiger partial charge in [-0.25, -0.2) is 8.42 Å². The second-order valence-electron chi connectivity index (χ2n) is 7.02. The van der Waals surface area contributed by atoms with Crippen molar-refractivity contribution in [1.29, 1.82) is 0 Å². The van der Waals surface area contributed by atoms with Crippen LogP contribution in [0.15, 0.2) is 53.4 Å². The number of nitrogens with zero attached hydrogens (tertiary/aromatic N) is 1. The van der Waals surface area contributed by atoms with Gasteiger partial charge in [0.15, 0.2) is 0 Å². The molecule has 6 nitrogen and oxygen atoms in total. The van der Waals surface area contributed by atoms with Crippen molar-refractivity contribution < 1.29 is 18.3 Å². The second-order valence-corrected chi connectivity index (χ2v) is 8.96. The van der Waals surface area contributed by atoms with E-state index in [9.17, 15) is 18.3 Å². The van der Waals surface area contributed by atoms with E-state index in [0.29, 0.717) is 19.5 Å². The number of nitrogens with one attached hydrogen (secondary N) is 1. The molecule has 0 saturated carbocycles. The van der Waals surface area contributed by atoms with Gasteiger partial charge in [-0.1, -0.05) is 36.8 Å². The predicted octanol–water partition coefficient (Wildman–Crippen LogP) is 2.82. The van der Waals surface area contributed by atoms with E-state index in [-0.39, 0.29) is 29.5 Å². The number of para-hydroxylation sites is 1. The van der Waals surface area contributed by atoms with Gasteiger partial charge in [0.05, 0.1) is 4.90 Å². The molecule has 0 aliphatic carbocycles. The van der Waals surface area contributed by atoms with Crippen molar-refractivity contribution in [1.82, 2.24) is 9.62 Å². The number of hydrogen-bond acceptors (Lipinski definition) is 4. The van der Waals surface area contributed by atoms with Gasteiger partial charge in [0.25, 0.3) is 0 Å². The summed E-state index contributed by atoms with van der Waals surface area (Å²) in [6.45, 7) is 1.40. The van der Waals surface area contributed by atoms with Gasteiger partial charge < -0.3 is 10.4 Å². The molecular weight excluding hydrogens is 376 g/mol. The van der Waals surface area contributed by atoms with Crippen molar-refractivity contribution >= 4 is 15.9 Å². The maximum absolute atomic E-state index is 12.8. The molecule has 2 aromatic rings. The van der Waals surface area contributed by atoms with Gasteiger partial charge in [-0.2, -0.15) is 4.31 Å². The number of carbonyl (C=O) groups excluding carboxylic acids is 1. The minimum absolute atomic E-state index is 0.146. The molecule has 0 unspecified atom stereocenters. The molecule has 3 rings (SSSR count). The molecule has 1 amide bonds. The third-order valence-corrected chi connectivity index (χ3v) is 6.85. The highest BCUT2D eigenvalue weighted by Crippen LogP contribution is 2.21. The standard InChI is InChI=1S/C21H26N2O4S/c24-20-10-3-2-8-18(20)11-12-21(25)22-16-17-7-6-9-19(15-17)28(26,27)23-13-4-1-5-14-23/h2-3,6-10,15,24H,1,4-5,11-14,16H2,(H,22,25). The lowest BCUT2D eigenvalue weighted by atomic mass is 10.1. The summed E-state index contributed by atoms with van der Waals surface area (Å²) in [6.07, 6.45) is 3.56. The molecule has 0 spiro atoms. The zero-order valence-corrected chi connectivity index (χ0v) is 16.6. The minimum Gasteiger partial charge on any atom is -0.508 e. The van der Waals surface area contributed by atoms with Crippen LogP contribution >= 0.6 is 0 Å². The van der Waals surface area contributed by atoms with E-state index in [1.807, 2.05) is 6.07 Å². The summed E-state index contributed by atoms with van der Waals surface area (Å²) in [7, 11) is -3.48. The van der Waals surface area contributed by atoms with Crippen LogP contribution in [0.4, 0.5) is 0 Å². The molecule has 1 aliphatic rings. The largest absolute Gasteiger partial charge is 0.508 e. The van der Waals surface area contributed by atoms with Crippen molar-refractivity contribution in [2.45, 2.75) is 43.5 Å². The lowest BCUT2D eigenvalue weighted by Gasteiger charge is -2.26. The SMILES string of the molecule is O=C(CCc1ccccc1O)NCc1cccc(S(=O)(=O)N2CCCCC2)c1. The van der Waals surface area contributed by atoms with E-state index in [1.165, 1.54) is 0 Å². The van der Waals surface area contributed by atoms with Crippen LogP contribution in [0, 0.1) is 0 Å². The third-order valence-electron chi connectivity index (χ3n) is 4.95. The maximum Gasteiger partial charge on any atom is 0.243 e. The fourth-order valence-corrected chi connectivity index (χ4v) is 4.92. The highest BCUT2D eigenvalue weighted by molar-refractivity contribution is 7.89. The van der Waals surface area contributed by atoms with Crippen molar-refractivity contribution in [3.8, 4) is 5.75 Å². The first-order valence-electron chi connectivity index (χ1n) is 9.59. The molecule has 1 heterocycles. The number of phenols is 1. The lowest BCUT2D eigenvalue weighted by molar-refractivity contribution is -0.121. The first kappa shape index (κ1) is 20.4. The second kappa shape index (κ2) is 9.21. The van der Waals surface area contributed by atoms with E-state index in [0.717, 1.165) is 30.4 Å². The number of benzene rings is 2. The number of carbonyl (C=O) groups is 1. The molecule has 0 aromatic heterocycles. The van der Waals surface area contributed by atoms with Gasteiger partial charge in [0, 0.05) is 26.1 Å². The predicted molar refractivity (Wildman–Crippen MR) is 107 cm³/mol. The van der Waals surface area contributed by atoms with Crippen LogP contribution < -0.4 is 5.32 Å². The molecule has 28 heavy (non-hydrogen) atoms. The fourth-order valence-electron chi connectivity index (χ4n) is 3.33. The molecule has 1 saturated heterocycles. The van der Waals surface area contributed by atoms with Crippen molar-refractivity contribution in [2.24, 2.45) is 0 Å². The van der Waals surface area contributed by atoms with Crippen LogP contribution in [0.3, 0.4) is 0 Å². The Morgan fingerprint density at radius 1 is 1.04 bits per heavy atom. The van der Waals surface area contributed by atoms with Gasteiger partial charge in [-0.15, -0.1) is 0 Å². The van der Waals surface area contributed by atoms with Crippen molar-refractivity contribution in [3.05, 3.63) is 59.7 Å². The molecule has 7 heteroatoms. The first-order valence-corrected chi connectivity index (χ1v) is 11.0. The average molecular weight is 403 g/mol. The highest BCUT2D eigenvalue weighted by atomic mass is 32.2. The topological polar surface area (TPSA) is 86.7 Å². The molecule has 1 aliphatic heterocycles. The maximum atomic E-state index is 12.8. The van der Waals surface area contributed by atoms with Gasteiger partial charge in [-0.3, -0.25) is 4.79 Å². The van der Waals surface area contributed by atoms with Crippen LogP contribution in [0.5, 0.6) is 5.75 Å². The molecule has 0 atom stereocenters. The quantitative estimate of drug-likeness (QED) is 0.746. The van der Waals surface area contributed by atoms with Crippen LogP contribution in [0.1, 0.15) is 36.8 Å². The van der Waals surface area contributed by atoms with Gasteiger partial charge in [0.1, 0.15) is 5.75 Å². The molecule has 2 N–H and O–H groups in total. The third kappa shape index (κ3) is 5.11. The van der Waals surface area contributed by atoms with E-state index in [4.69, 9.17) is 0 Å². The summed E-state index contributed by atoms with van der Waals surface area (Å²) < 4.78 is 27.1. The molecule has 1 fully saturated rings. The number of hydrogen-bond donors (Lipinski definition) is 2. The normalized spacial score (nSPS) is 15.3. The molecule has 2 aromatic carbocycles. The summed E-state index contributed by atoms with van der Waals surface area (Å²) in [5.41, 5.74) is 1.47. The van der Waals surface area contributed by atoms with Crippen LogP contribution in [-0.2, 0) is 27.8 Å².